The van der Waals surface area contributed by atoms with Crippen LogP contribution in [0.15, 0.2) is 55.1 Å². The molecule has 5 heterocycles. The van der Waals surface area contributed by atoms with E-state index in [1.54, 1.807) is 12.4 Å². The first-order valence-corrected chi connectivity index (χ1v) is 10.9. The van der Waals surface area contributed by atoms with Crippen LogP contribution in [0.3, 0.4) is 0 Å². The van der Waals surface area contributed by atoms with E-state index >= 15 is 0 Å². The van der Waals surface area contributed by atoms with E-state index in [0.717, 1.165) is 35.9 Å². The van der Waals surface area contributed by atoms with E-state index in [2.05, 4.69) is 30.5 Å². The van der Waals surface area contributed by atoms with Crippen LogP contribution in [0.5, 0.6) is 5.88 Å². The molecule has 1 aliphatic rings. The van der Waals surface area contributed by atoms with Crippen molar-refractivity contribution in [2.75, 3.05) is 41.8 Å². The summed E-state index contributed by atoms with van der Waals surface area (Å²) in [6, 6.07) is 9.63. The fraction of sp³-hybridized carbons (Fsp3) is 0.304. The lowest BCUT2D eigenvalue weighted by atomic mass is 10.3. The highest BCUT2D eigenvalue weighted by Crippen LogP contribution is 2.25. The van der Waals surface area contributed by atoms with Crippen LogP contribution in [0.4, 0.5) is 29.0 Å². The van der Waals surface area contributed by atoms with E-state index in [9.17, 15) is 0 Å². The molecule has 0 aromatic carbocycles. The molecule has 1 fully saturated rings. The normalized spacial score (nSPS) is 14.0. The van der Waals surface area contributed by atoms with Gasteiger partial charge in [-0.3, -0.25) is 0 Å². The molecule has 170 valence electrons. The number of anilines is 5. The maximum absolute atomic E-state index is 5.62. The zero-order valence-electron chi connectivity index (χ0n) is 18.6. The fourth-order valence-electron chi connectivity index (χ4n) is 3.54. The summed E-state index contributed by atoms with van der Waals surface area (Å²) in [6.45, 7) is 6.84. The van der Waals surface area contributed by atoms with Gasteiger partial charge in [0.05, 0.1) is 31.2 Å². The number of imidazole rings is 1. The number of nitrogens with one attached hydrogen (secondary N) is 2. The van der Waals surface area contributed by atoms with Crippen LogP contribution in [0.1, 0.15) is 13.8 Å². The molecule has 5 rings (SSSR count). The number of aromatic nitrogens is 5. The Labute approximate surface area is 191 Å². The van der Waals surface area contributed by atoms with Crippen LogP contribution in [0.2, 0.25) is 0 Å². The predicted molar refractivity (Wildman–Crippen MR) is 127 cm³/mol. The molecule has 0 atom stereocenters. The van der Waals surface area contributed by atoms with Crippen molar-refractivity contribution in [1.82, 2.24) is 24.3 Å². The van der Waals surface area contributed by atoms with Gasteiger partial charge in [-0.2, -0.15) is 9.97 Å². The van der Waals surface area contributed by atoms with E-state index < -0.39 is 0 Å². The Kier molecular flexibility index (Phi) is 5.90. The lowest BCUT2D eigenvalue weighted by molar-refractivity contribution is 0.122. The van der Waals surface area contributed by atoms with Crippen LogP contribution in [-0.4, -0.2) is 56.7 Å². The van der Waals surface area contributed by atoms with E-state index in [1.165, 1.54) is 0 Å². The first-order chi connectivity index (χ1) is 16.1. The quantitative estimate of drug-likeness (QED) is 0.441. The molecule has 10 nitrogen and oxygen atoms in total. The Morgan fingerprint density at radius 3 is 2.64 bits per heavy atom. The Morgan fingerprint density at radius 1 is 0.970 bits per heavy atom. The molecule has 0 unspecified atom stereocenters. The van der Waals surface area contributed by atoms with E-state index in [1.807, 2.05) is 61.0 Å². The second kappa shape index (κ2) is 9.29. The van der Waals surface area contributed by atoms with Crippen molar-refractivity contribution in [2.45, 2.75) is 20.0 Å². The Bertz CT molecular complexity index is 1220. The maximum atomic E-state index is 5.62. The molecule has 0 spiro atoms. The number of pyridine rings is 2. The summed E-state index contributed by atoms with van der Waals surface area (Å²) in [4.78, 5) is 20.3. The molecule has 1 saturated heterocycles. The van der Waals surface area contributed by atoms with Crippen LogP contribution in [-0.2, 0) is 4.74 Å². The van der Waals surface area contributed by atoms with Crippen LogP contribution >= 0.6 is 0 Å². The number of ether oxygens (including phenoxy) is 2. The van der Waals surface area contributed by atoms with Crippen molar-refractivity contribution in [3.8, 4) is 5.88 Å². The Hall–Kier alpha value is -3.92. The van der Waals surface area contributed by atoms with E-state index in [4.69, 9.17) is 14.5 Å². The topological polar surface area (TPSA) is 102 Å². The first kappa shape index (κ1) is 21.0. The summed E-state index contributed by atoms with van der Waals surface area (Å²) in [5.41, 5.74) is 2.52. The monoisotopic (exact) mass is 446 g/mol. The Balaban J connectivity index is 1.41. The largest absolute Gasteiger partial charge is 0.475 e. The smallest absolute Gasteiger partial charge is 0.231 e. The third kappa shape index (κ3) is 5.12. The third-order valence-corrected chi connectivity index (χ3v) is 5.07. The van der Waals surface area contributed by atoms with Gasteiger partial charge in [-0.05, 0) is 26.0 Å². The summed E-state index contributed by atoms with van der Waals surface area (Å²) in [5, 5.41) is 6.65. The molecule has 33 heavy (non-hydrogen) atoms. The minimum atomic E-state index is 0.0691. The summed E-state index contributed by atoms with van der Waals surface area (Å²) in [5.74, 6) is 2.56. The minimum Gasteiger partial charge on any atom is -0.475 e. The molecule has 4 aromatic rings. The molecule has 4 aromatic heterocycles. The molecule has 0 saturated carbocycles. The van der Waals surface area contributed by atoms with Crippen LogP contribution in [0.25, 0.3) is 5.65 Å². The third-order valence-electron chi connectivity index (χ3n) is 5.07. The number of hydrogen-bond donors (Lipinski definition) is 2. The number of rotatable bonds is 7. The molecular formula is C23H26N8O2. The number of hydrogen-bond acceptors (Lipinski definition) is 9. The van der Waals surface area contributed by atoms with Gasteiger partial charge < -0.3 is 29.4 Å². The number of nitrogens with zero attached hydrogens (tertiary/aromatic N) is 6. The zero-order valence-corrected chi connectivity index (χ0v) is 18.6. The highest BCUT2D eigenvalue weighted by Gasteiger charge is 2.16. The maximum Gasteiger partial charge on any atom is 0.231 e. The standard InChI is InChI=1S/C23H26N8O2/c1-16(2)33-22-4-3-18(15-25-22)27-23-28-19(14-21(29-23)31-9-11-32-12-10-31)26-17-5-7-30-8-6-24-20(30)13-17/h3-8,13-16H,9-12H2,1-2H3,(H2,26,27,28,29). The molecular weight excluding hydrogens is 420 g/mol. The van der Waals surface area contributed by atoms with Crippen molar-refractivity contribution in [3.05, 3.63) is 55.1 Å². The van der Waals surface area contributed by atoms with Gasteiger partial charge >= 0.3 is 0 Å². The molecule has 0 amide bonds. The fourth-order valence-corrected chi connectivity index (χ4v) is 3.54. The van der Waals surface area contributed by atoms with Crippen LogP contribution < -0.4 is 20.3 Å². The average Bonchev–Trinajstić information content (AvgIpc) is 3.28. The van der Waals surface area contributed by atoms with Gasteiger partial charge in [0, 0.05) is 55.6 Å². The van der Waals surface area contributed by atoms with Crippen molar-refractivity contribution in [1.29, 1.82) is 0 Å². The SMILES string of the molecule is CC(C)Oc1ccc(Nc2nc(Nc3ccn4ccnc4c3)cc(N3CCOCC3)n2)cn1. The molecule has 0 bridgehead atoms. The lowest BCUT2D eigenvalue weighted by Gasteiger charge is -2.28. The van der Waals surface area contributed by atoms with Crippen molar-refractivity contribution < 1.29 is 9.47 Å². The second-order valence-corrected chi connectivity index (χ2v) is 7.94. The first-order valence-electron chi connectivity index (χ1n) is 10.9. The zero-order chi connectivity index (χ0) is 22.6. The predicted octanol–water partition coefficient (Wildman–Crippen LogP) is 3.63. The molecule has 10 heteroatoms. The molecule has 2 N–H and O–H groups in total. The van der Waals surface area contributed by atoms with Gasteiger partial charge in [0.15, 0.2) is 0 Å². The van der Waals surface area contributed by atoms with Gasteiger partial charge in [-0.15, -0.1) is 0 Å². The van der Waals surface area contributed by atoms with Crippen LogP contribution in [0, 0.1) is 0 Å². The molecule has 1 aliphatic heterocycles. The molecule has 0 radical (unpaired) electrons. The lowest BCUT2D eigenvalue weighted by Crippen LogP contribution is -2.36. The van der Waals surface area contributed by atoms with E-state index in [-0.39, 0.29) is 6.10 Å². The van der Waals surface area contributed by atoms with Gasteiger partial charge in [0.1, 0.15) is 17.3 Å². The average molecular weight is 447 g/mol. The summed E-state index contributed by atoms with van der Waals surface area (Å²) in [7, 11) is 0. The summed E-state index contributed by atoms with van der Waals surface area (Å²) in [6.07, 6.45) is 7.42. The van der Waals surface area contributed by atoms with Crippen molar-refractivity contribution in [2.24, 2.45) is 0 Å². The van der Waals surface area contributed by atoms with Gasteiger partial charge in [0.25, 0.3) is 0 Å². The van der Waals surface area contributed by atoms with Gasteiger partial charge in [-0.1, -0.05) is 0 Å². The van der Waals surface area contributed by atoms with E-state index in [0.29, 0.717) is 30.9 Å². The highest BCUT2D eigenvalue weighted by molar-refractivity contribution is 5.66. The number of fused-ring (bicyclic) bond motifs is 1. The summed E-state index contributed by atoms with van der Waals surface area (Å²) < 4.78 is 13.1. The highest BCUT2D eigenvalue weighted by atomic mass is 16.5. The Morgan fingerprint density at radius 2 is 1.85 bits per heavy atom. The second-order valence-electron chi connectivity index (χ2n) is 7.94. The molecule has 0 aliphatic carbocycles. The number of morpholine rings is 1. The van der Waals surface area contributed by atoms with Crippen molar-refractivity contribution >= 4 is 34.6 Å². The minimum absolute atomic E-state index is 0.0691. The van der Waals surface area contributed by atoms with Gasteiger partial charge in [-0.25, -0.2) is 9.97 Å². The van der Waals surface area contributed by atoms with Crippen molar-refractivity contribution in [3.63, 3.8) is 0 Å². The van der Waals surface area contributed by atoms with Gasteiger partial charge in [0.2, 0.25) is 11.8 Å². The summed E-state index contributed by atoms with van der Waals surface area (Å²) >= 11 is 0.